The molecule has 7 nitrogen and oxygen atoms in total. The van der Waals surface area contributed by atoms with E-state index in [0.29, 0.717) is 28.7 Å². The van der Waals surface area contributed by atoms with E-state index in [1.165, 1.54) is 0 Å². The second kappa shape index (κ2) is 8.42. The highest BCUT2D eigenvalue weighted by atomic mass is 32.1. The summed E-state index contributed by atoms with van der Waals surface area (Å²) >= 11 is 5.12. The summed E-state index contributed by atoms with van der Waals surface area (Å²) in [6, 6.07) is 9.37. The van der Waals surface area contributed by atoms with E-state index in [4.69, 9.17) is 21.5 Å². The molecule has 8 heteroatoms. The van der Waals surface area contributed by atoms with Gasteiger partial charge in [-0.3, -0.25) is 15.6 Å². The molecule has 0 fully saturated rings. The van der Waals surface area contributed by atoms with Crippen LogP contribution in [0.15, 0.2) is 34.9 Å². The monoisotopic (exact) mass is 348 g/mol. The molecule has 0 aliphatic carbocycles. The first-order valence-electron chi connectivity index (χ1n) is 7.40. The van der Waals surface area contributed by atoms with Crippen LogP contribution in [0.1, 0.15) is 23.0 Å². The number of nitrogens with one attached hydrogen (secondary N) is 3. The van der Waals surface area contributed by atoms with E-state index in [9.17, 15) is 4.79 Å². The number of rotatable bonds is 5. The molecule has 2 aromatic rings. The van der Waals surface area contributed by atoms with Gasteiger partial charge in [-0.25, -0.2) is 0 Å². The van der Waals surface area contributed by atoms with Gasteiger partial charge in [0.05, 0.1) is 6.61 Å². The number of hydrogen-bond donors (Lipinski definition) is 3. The normalized spacial score (nSPS) is 11.6. The van der Waals surface area contributed by atoms with Crippen LogP contribution in [0, 0.1) is 6.92 Å². The summed E-state index contributed by atoms with van der Waals surface area (Å²) in [5.41, 5.74) is 6.86. The van der Waals surface area contributed by atoms with E-state index in [-0.39, 0.29) is 11.9 Å². The third-order valence-electron chi connectivity index (χ3n) is 3.22. The molecule has 24 heavy (non-hydrogen) atoms. The zero-order valence-electron chi connectivity index (χ0n) is 13.8. The van der Waals surface area contributed by atoms with Crippen LogP contribution in [0.25, 0.3) is 11.3 Å². The summed E-state index contributed by atoms with van der Waals surface area (Å²) in [5, 5.41) is 7.26. The van der Waals surface area contributed by atoms with E-state index in [2.05, 4.69) is 21.3 Å². The summed E-state index contributed by atoms with van der Waals surface area (Å²) < 4.78 is 10.2. The second-order valence-electron chi connectivity index (χ2n) is 5.24. The van der Waals surface area contributed by atoms with Crippen LogP contribution in [-0.2, 0) is 4.74 Å². The maximum Gasteiger partial charge on any atom is 0.275 e. The van der Waals surface area contributed by atoms with Gasteiger partial charge in [0, 0.05) is 18.7 Å². The van der Waals surface area contributed by atoms with Crippen LogP contribution >= 0.6 is 12.2 Å². The van der Waals surface area contributed by atoms with Gasteiger partial charge in [0.2, 0.25) is 0 Å². The van der Waals surface area contributed by atoms with Crippen LogP contribution in [0.5, 0.6) is 0 Å². The van der Waals surface area contributed by atoms with Gasteiger partial charge in [-0.05, 0) is 26.1 Å². The number of ether oxygens (including phenoxy) is 1. The molecule has 1 heterocycles. The Morgan fingerprint density at radius 1 is 1.33 bits per heavy atom. The molecule has 0 aliphatic rings. The van der Waals surface area contributed by atoms with Crippen molar-refractivity contribution >= 4 is 23.2 Å². The number of aryl methyl sites for hydroxylation is 1. The topological polar surface area (TPSA) is 88.4 Å². The smallest absolute Gasteiger partial charge is 0.275 e. The maximum absolute atomic E-state index is 12.5. The summed E-state index contributed by atoms with van der Waals surface area (Å²) in [5.74, 6) is 0.0518. The van der Waals surface area contributed by atoms with Crippen molar-refractivity contribution in [3.63, 3.8) is 0 Å². The van der Waals surface area contributed by atoms with Crippen molar-refractivity contribution in [3.8, 4) is 11.3 Å². The Kier molecular flexibility index (Phi) is 6.28. The molecule has 0 saturated carbocycles. The molecule has 2 rings (SSSR count). The van der Waals surface area contributed by atoms with Gasteiger partial charge in [-0.15, -0.1) is 0 Å². The second-order valence-corrected chi connectivity index (χ2v) is 5.65. The first kappa shape index (κ1) is 17.9. The number of hydrazine groups is 1. The Bertz CT molecular complexity index is 703. The highest BCUT2D eigenvalue weighted by Crippen LogP contribution is 2.24. The lowest BCUT2D eigenvalue weighted by Gasteiger charge is -2.16. The van der Waals surface area contributed by atoms with E-state index in [1.807, 2.05) is 37.3 Å². The number of aromatic nitrogens is 1. The molecule has 0 radical (unpaired) electrons. The molecule has 0 saturated heterocycles. The number of amides is 1. The largest absolute Gasteiger partial charge is 0.383 e. The van der Waals surface area contributed by atoms with E-state index >= 15 is 0 Å². The molecule has 3 N–H and O–H groups in total. The Morgan fingerprint density at radius 2 is 2.04 bits per heavy atom. The summed E-state index contributed by atoms with van der Waals surface area (Å²) in [6.45, 7) is 4.10. The molecule has 1 amide bonds. The lowest BCUT2D eigenvalue weighted by Crippen LogP contribution is -2.50. The fourth-order valence-electron chi connectivity index (χ4n) is 2.16. The van der Waals surface area contributed by atoms with Crippen molar-refractivity contribution in [1.82, 2.24) is 21.3 Å². The minimum atomic E-state index is -0.379. The number of nitrogens with zero attached hydrogens (tertiary/aromatic N) is 1. The van der Waals surface area contributed by atoms with Gasteiger partial charge in [-0.2, -0.15) is 0 Å². The maximum atomic E-state index is 12.5. The molecule has 1 aromatic heterocycles. The molecule has 1 aromatic carbocycles. The van der Waals surface area contributed by atoms with Gasteiger partial charge < -0.3 is 14.6 Å². The van der Waals surface area contributed by atoms with Crippen LogP contribution in [-0.4, -0.2) is 35.9 Å². The van der Waals surface area contributed by atoms with Gasteiger partial charge in [-0.1, -0.05) is 35.5 Å². The Morgan fingerprint density at radius 3 is 2.71 bits per heavy atom. The van der Waals surface area contributed by atoms with Gasteiger partial charge in [0.15, 0.2) is 5.11 Å². The zero-order chi connectivity index (χ0) is 17.5. The highest BCUT2D eigenvalue weighted by Gasteiger charge is 2.21. The third-order valence-corrected chi connectivity index (χ3v) is 3.44. The molecule has 0 spiro atoms. The van der Waals surface area contributed by atoms with Crippen LogP contribution in [0.2, 0.25) is 0 Å². The van der Waals surface area contributed by atoms with Crippen molar-refractivity contribution < 1.29 is 14.1 Å². The third kappa shape index (κ3) is 4.53. The van der Waals surface area contributed by atoms with Crippen molar-refractivity contribution in [1.29, 1.82) is 0 Å². The Hall–Kier alpha value is -2.45. The molecular formula is C16H20N4O3S. The minimum Gasteiger partial charge on any atom is -0.383 e. The standard InChI is InChI=1S/C16H20N4O3S/c1-10(9-22-3)17-16(24)19-18-15(21)13-11(2)23-20-14(13)12-7-5-4-6-8-12/h4-8,10H,9H2,1-3H3,(H,18,21)(H2,17,19,24)/t10-/m0/s1. The van der Waals surface area contributed by atoms with Gasteiger partial charge in [0.25, 0.3) is 5.91 Å². The van der Waals surface area contributed by atoms with Crippen molar-refractivity contribution in [2.45, 2.75) is 19.9 Å². The first-order chi connectivity index (χ1) is 11.5. The number of thiocarbonyl (C=S) groups is 1. The molecule has 128 valence electrons. The number of benzene rings is 1. The fourth-order valence-corrected chi connectivity index (χ4v) is 2.41. The van der Waals surface area contributed by atoms with E-state index in [1.54, 1.807) is 14.0 Å². The van der Waals surface area contributed by atoms with E-state index in [0.717, 1.165) is 5.56 Å². The Balaban J connectivity index is 2.03. The van der Waals surface area contributed by atoms with E-state index < -0.39 is 0 Å². The number of carbonyl (C=O) groups is 1. The molecule has 0 unspecified atom stereocenters. The summed E-state index contributed by atoms with van der Waals surface area (Å²) in [4.78, 5) is 12.5. The van der Waals surface area contributed by atoms with Gasteiger partial charge in [0.1, 0.15) is 17.0 Å². The highest BCUT2D eigenvalue weighted by molar-refractivity contribution is 7.80. The number of hydrogen-bond acceptors (Lipinski definition) is 5. The summed E-state index contributed by atoms with van der Waals surface area (Å²) in [7, 11) is 1.61. The van der Waals surface area contributed by atoms with Crippen LogP contribution in [0.4, 0.5) is 0 Å². The predicted molar refractivity (Wildman–Crippen MR) is 94.3 cm³/mol. The first-order valence-corrected chi connectivity index (χ1v) is 7.81. The lowest BCUT2D eigenvalue weighted by atomic mass is 10.1. The van der Waals surface area contributed by atoms with Gasteiger partial charge >= 0.3 is 0 Å². The average Bonchev–Trinajstić information content (AvgIpc) is 2.95. The Labute approximate surface area is 145 Å². The van der Waals surface area contributed by atoms with Crippen molar-refractivity contribution in [2.75, 3.05) is 13.7 Å². The number of carbonyl (C=O) groups excluding carboxylic acids is 1. The molecule has 1 atom stereocenters. The van der Waals surface area contributed by atoms with Crippen molar-refractivity contribution in [2.24, 2.45) is 0 Å². The van der Waals surface area contributed by atoms with Crippen LogP contribution < -0.4 is 16.2 Å². The summed E-state index contributed by atoms with van der Waals surface area (Å²) in [6.07, 6.45) is 0. The average molecular weight is 348 g/mol. The zero-order valence-corrected chi connectivity index (χ0v) is 14.6. The minimum absolute atomic E-state index is 0.0177. The lowest BCUT2D eigenvalue weighted by molar-refractivity contribution is 0.0942. The van der Waals surface area contributed by atoms with Crippen LogP contribution in [0.3, 0.4) is 0 Å². The molecule has 0 bridgehead atoms. The quantitative estimate of drug-likeness (QED) is 0.561. The SMILES string of the molecule is COC[C@H](C)NC(=S)NNC(=O)c1c(-c2ccccc2)noc1C. The molecular weight excluding hydrogens is 328 g/mol. The van der Waals surface area contributed by atoms with Crippen molar-refractivity contribution in [3.05, 3.63) is 41.7 Å². The number of methoxy groups -OCH3 is 1. The fraction of sp³-hybridized carbons (Fsp3) is 0.312. The molecule has 0 aliphatic heterocycles. The predicted octanol–water partition coefficient (Wildman–Crippen LogP) is 1.79.